The Kier molecular flexibility index (Phi) is 5.44. The highest BCUT2D eigenvalue weighted by molar-refractivity contribution is 5.86. The number of pyridine rings is 1. The number of rotatable bonds is 6. The molecule has 27 heavy (non-hydrogen) atoms. The van der Waals surface area contributed by atoms with Crippen molar-refractivity contribution in [3.05, 3.63) is 77.7 Å². The van der Waals surface area contributed by atoms with Crippen molar-refractivity contribution in [1.82, 2.24) is 4.98 Å². The largest absolute Gasteiger partial charge is 0.477 e. The molecule has 1 unspecified atom stereocenters. The number of carboxylic acid groups (broad SMARTS) is 1. The molecule has 2 aromatic carbocycles. The summed E-state index contributed by atoms with van der Waals surface area (Å²) < 4.78 is 18.5. The third kappa shape index (κ3) is 4.46. The van der Waals surface area contributed by atoms with E-state index in [-0.39, 0.29) is 17.1 Å². The standard InChI is InChI=1S/C20H16FNO5/c21-14-3-7-16(8-4-14)27-15-5-1-12(2-6-15)17-9-13(19(24)11-23)10-18(22-17)20(25)26/h1-10,19,23-24H,11H2,(H,25,26). The highest BCUT2D eigenvalue weighted by Crippen LogP contribution is 2.27. The van der Waals surface area contributed by atoms with Gasteiger partial charge in [-0.3, -0.25) is 0 Å². The van der Waals surface area contributed by atoms with Crippen molar-refractivity contribution in [3.63, 3.8) is 0 Å². The van der Waals surface area contributed by atoms with E-state index in [1.165, 1.54) is 36.4 Å². The summed E-state index contributed by atoms with van der Waals surface area (Å²) >= 11 is 0. The molecule has 0 amide bonds. The Morgan fingerprint density at radius 2 is 1.63 bits per heavy atom. The van der Waals surface area contributed by atoms with Crippen LogP contribution < -0.4 is 4.74 Å². The molecule has 138 valence electrons. The van der Waals surface area contributed by atoms with E-state index in [0.717, 1.165) is 0 Å². The predicted molar refractivity (Wildman–Crippen MR) is 95.2 cm³/mol. The number of carboxylic acids is 1. The van der Waals surface area contributed by atoms with Gasteiger partial charge in [-0.15, -0.1) is 0 Å². The number of halogens is 1. The zero-order chi connectivity index (χ0) is 19.4. The molecule has 0 bridgehead atoms. The number of hydrogen-bond acceptors (Lipinski definition) is 5. The Morgan fingerprint density at radius 1 is 1.04 bits per heavy atom. The normalized spacial score (nSPS) is 11.8. The lowest BCUT2D eigenvalue weighted by atomic mass is 10.0. The number of aliphatic hydroxyl groups is 2. The zero-order valence-electron chi connectivity index (χ0n) is 14.0. The molecular weight excluding hydrogens is 353 g/mol. The van der Waals surface area contributed by atoms with Crippen LogP contribution in [0, 0.1) is 5.82 Å². The molecule has 0 radical (unpaired) electrons. The van der Waals surface area contributed by atoms with Gasteiger partial charge in [-0.1, -0.05) is 0 Å². The van der Waals surface area contributed by atoms with E-state index in [1.807, 2.05) is 0 Å². The molecule has 0 spiro atoms. The van der Waals surface area contributed by atoms with Gasteiger partial charge in [-0.2, -0.15) is 0 Å². The lowest BCUT2D eigenvalue weighted by Crippen LogP contribution is -2.08. The summed E-state index contributed by atoms with van der Waals surface area (Å²) in [6.45, 7) is -0.535. The second-order valence-corrected chi connectivity index (χ2v) is 5.75. The fourth-order valence-corrected chi connectivity index (χ4v) is 2.44. The minimum atomic E-state index is -1.24. The van der Waals surface area contributed by atoms with Crippen LogP contribution in [0.15, 0.2) is 60.7 Å². The van der Waals surface area contributed by atoms with Gasteiger partial charge >= 0.3 is 5.97 Å². The Morgan fingerprint density at radius 3 is 2.19 bits per heavy atom. The van der Waals surface area contributed by atoms with Crippen molar-refractivity contribution in [1.29, 1.82) is 0 Å². The highest BCUT2D eigenvalue weighted by atomic mass is 19.1. The average molecular weight is 369 g/mol. The van der Waals surface area contributed by atoms with Crippen molar-refractivity contribution in [2.45, 2.75) is 6.10 Å². The molecule has 6 nitrogen and oxygen atoms in total. The average Bonchev–Trinajstić information content (AvgIpc) is 2.69. The maximum absolute atomic E-state index is 12.9. The van der Waals surface area contributed by atoms with Gasteiger partial charge in [0.05, 0.1) is 12.3 Å². The van der Waals surface area contributed by atoms with Crippen LogP contribution in [0.5, 0.6) is 11.5 Å². The van der Waals surface area contributed by atoms with Crippen molar-refractivity contribution >= 4 is 5.97 Å². The van der Waals surface area contributed by atoms with Gasteiger partial charge in [0.15, 0.2) is 0 Å². The minimum Gasteiger partial charge on any atom is -0.477 e. The fourth-order valence-electron chi connectivity index (χ4n) is 2.44. The van der Waals surface area contributed by atoms with E-state index in [9.17, 15) is 19.4 Å². The number of aliphatic hydroxyl groups excluding tert-OH is 2. The lowest BCUT2D eigenvalue weighted by Gasteiger charge is -2.11. The Bertz CT molecular complexity index is 942. The maximum atomic E-state index is 12.9. The summed E-state index contributed by atoms with van der Waals surface area (Å²) in [5, 5.41) is 28.1. The molecular formula is C20H16FNO5. The number of aromatic carboxylic acids is 1. The third-order valence-electron chi connectivity index (χ3n) is 3.82. The lowest BCUT2D eigenvalue weighted by molar-refractivity contribution is 0.0688. The summed E-state index contributed by atoms with van der Waals surface area (Å²) in [5.41, 5.74) is 0.967. The Hall–Kier alpha value is -3.29. The molecule has 1 aromatic heterocycles. The van der Waals surface area contributed by atoms with Gasteiger partial charge in [0, 0.05) is 5.56 Å². The van der Waals surface area contributed by atoms with Crippen molar-refractivity contribution < 1.29 is 29.2 Å². The van der Waals surface area contributed by atoms with E-state index in [0.29, 0.717) is 22.8 Å². The van der Waals surface area contributed by atoms with Crippen LogP contribution in [-0.2, 0) is 0 Å². The monoisotopic (exact) mass is 369 g/mol. The third-order valence-corrected chi connectivity index (χ3v) is 3.82. The van der Waals surface area contributed by atoms with Crippen LogP contribution in [0.2, 0.25) is 0 Å². The molecule has 0 aliphatic rings. The number of nitrogens with zero attached hydrogens (tertiary/aromatic N) is 1. The smallest absolute Gasteiger partial charge is 0.354 e. The van der Waals surface area contributed by atoms with E-state index in [4.69, 9.17) is 9.84 Å². The summed E-state index contributed by atoms with van der Waals surface area (Å²) in [6.07, 6.45) is -1.20. The minimum absolute atomic E-state index is 0.235. The second-order valence-electron chi connectivity index (χ2n) is 5.75. The fraction of sp³-hybridized carbons (Fsp3) is 0.100. The molecule has 0 saturated heterocycles. The van der Waals surface area contributed by atoms with Crippen LogP contribution >= 0.6 is 0 Å². The van der Waals surface area contributed by atoms with Crippen LogP contribution in [0.25, 0.3) is 11.3 Å². The number of aromatic nitrogens is 1. The summed E-state index contributed by atoms with van der Waals surface area (Å²) in [4.78, 5) is 15.3. The molecule has 3 N–H and O–H groups in total. The Labute approximate surface area is 154 Å². The van der Waals surface area contributed by atoms with E-state index in [2.05, 4.69) is 4.98 Å². The molecule has 0 aliphatic carbocycles. The van der Waals surface area contributed by atoms with Gasteiger partial charge in [0.25, 0.3) is 0 Å². The topological polar surface area (TPSA) is 99.9 Å². The molecule has 0 aliphatic heterocycles. The maximum Gasteiger partial charge on any atom is 0.354 e. The number of ether oxygens (including phenoxy) is 1. The van der Waals surface area contributed by atoms with E-state index < -0.39 is 18.7 Å². The zero-order valence-corrected chi connectivity index (χ0v) is 14.0. The highest BCUT2D eigenvalue weighted by Gasteiger charge is 2.15. The molecule has 0 fully saturated rings. The first kappa shape index (κ1) is 18.5. The second kappa shape index (κ2) is 7.94. The number of hydrogen-bond donors (Lipinski definition) is 3. The Balaban J connectivity index is 1.88. The van der Waals surface area contributed by atoms with Gasteiger partial charge in [-0.25, -0.2) is 14.2 Å². The first-order chi connectivity index (χ1) is 13.0. The van der Waals surface area contributed by atoms with Crippen LogP contribution in [0.4, 0.5) is 4.39 Å². The van der Waals surface area contributed by atoms with Crippen LogP contribution in [-0.4, -0.2) is 32.9 Å². The van der Waals surface area contributed by atoms with E-state index >= 15 is 0 Å². The molecule has 3 rings (SSSR count). The molecule has 0 saturated carbocycles. The van der Waals surface area contributed by atoms with E-state index in [1.54, 1.807) is 24.3 Å². The number of benzene rings is 2. The van der Waals surface area contributed by atoms with Crippen molar-refractivity contribution in [3.8, 4) is 22.8 Å². The van der Waals surface area contributed by atoms with Gasteiger partial charge < -0.3 is 20.1 Å². The van der Waals surface area contributed by atoms with Gasteiger partial charge in [0.1, 0.15) is 29.1 Å². The summed E-state index contributed by atoms with van der Waals surface area (Å²) in [7, 11) is 0. The SMILES string of the molecule is O=C(O)c1cc(C(O)CO)cc(-c2ccc(Oc3ccc(F)cc3)cc2)n1. The van der Waals surface area contributed by atoms with Crippen LogP contribution in [0.1, 0.15) is 22.2 Å². The first-order valence-corrected chi connectivity index (χ1v) is 8.04. The molecule has 1 heterocycles. The first-order valence-electron chi connectivity index (χ1n) is 8.04. The molecule has 7 heteroatoms. The quantitative estimate of drug-likeness (QED) is 0.616. The van der Waals surface area contributed by atoms with Gasteiger partial charge in [0.2, 0.25) is 0 Å². The molecule has 3 aromatic rings. The summed E-state index contributed by atoms with van der Waals surface area (Å²) in [6, 6.07) is 15.0. The van der Waals surface area contributed by atoms with Crippen molar-refractivity contribution in [2.24, 2.45) is 0 Å². The van der Waals surface area contributed by atoms with Crippen LogP contribution in [0.3, 0.4) is 0 Å². The number of carbonyl (C=O) groups is 1. The predicted octanol–water partition coefficient (Wildman–Crippen LogP) is 3.40. The van der Waals surface area contributed by atoms with Gasteiger partial charge in [-0.05, 0) is 66.2 Å². The summed E-state index contributed by atoms with van der Waals surface area (Å²) in [5.74, 6) is -0.610. The van der Waals surface area contributed by atoms with Crippen molar-refractivity contribution in [2.75, 3.05) is 6.61 Å². The molecule has 1 atom stereocenters.